The van der Waals surface area contributed by atoms with Crippen LogP contribution in [0.3, 0.4) is 0 Å². The zero-order valence-corrected chi connectivity index (χ0v) is 14.4. The van der Waals surface area contributed by atoms with Gasteiger partial charge in [-0.15, -0.1) is 0 Å². The van der Waals surface area contributed by atoms with E-state index in [1.807, 2.05) is 12.1 Å². The van der Waals surface area contributed by atoms with E-state index >= 15 is 0 Å². The molecular weight excluding hydrogens is 314 g/mol. The van der Waals surface area contributed by atoms with Gasteiger partial charge in [0.2, 0.25) is 0 Å². The summed E-state index contributed by atoms with van der Waals surface area (Å²) in [6.07, 6.45) is 0.834. The van der Waals surface area contributed by atoms with Crippen LogP contribution in [-0.4, -0.2) is 19.2 Å². The van der Waals surface area contributed by atoms with Gasteiger partial charge in [-0.25, -0.2) is 4.79 Å². The Hall–Kier alpha value is -2.84. The molecule has 2 aromatic rings. The Kier molecular flexibility index (Phi) is 5.01. The lowest BCUT2D eigenvalue weighted by Gasteiger charge is -2.18. The number of rotatable bonds is 4. The smallest absolute Gasteiger partial charge is 0.319 e. The second-order valence-electron chi connectivity index (χ2n) is 6.31. The molecule has 128 valence electrons. The van der Waals surface area contributed by atoms with Crippen LogP contribution in [0.5, 0.6) is 0 Å². The Morgan fingerprint density at radius 2 is 2.12 bits per heavy atom. The molecule has 2 aromatic carbocycles. The molecule has 2 amide bonds. The van der Waals surface area contributed by atoms with Crippen molar-refractivity contribution in [1.29, 1.82) is 5.26 Å². The molecule has 3 rings (SSSR count). The van der Waals surface area contributed by atoms with Crippen molar-refractivity contribution in [3.05, 3.63) is 64.7 Å². The molecule has 0 saturated carbocycles. The molecule has 25 heavy (non-hydrogen) atoms. The summed E-state index contributed by atoms with van der Waals surface area (Å²) in [5.41, 5.74) is 4.48. The van der Waals surface area contributed by atoms with E-state index in [-0.39, 0.29) is 18.0 Å². The molecule has 0 unspecified atom stereocenters. The van der Waals surface area contributed by atoms with E-state index in [9.17, 15) is 10.1 Å². The maximum atomic E-state index is 12.3. The number of amides is 2. The van der Waals surface area contributed by atoms with Gasteiger partial charge < -0.3 is 15.4 Å². The van der Waals surface area contributed by atoms with E-state index in [4.69, 9.17) is 4.74 Å². The minimum absolute atomic E-state index is 0.0700. The Labute approximate surface area is 147 Å². The molecule has 1 aliphatic rings. The van der Waals surface area contributed by atoms with Crippen LogP contribution in [0.4, 0.5) is 10.5 Å². The van der Waals surface area contributed by atoms with Gasteiger partial charge in [-0.3, -0.25) is 0 Å². The van der Waals surface area contributed by atoms with Gasteiger partial charge in [0, 0.05) is 24.8 Å². The molecule has 0 heterocycles. The fourth-order valence-electron chi connectivity index (χ4n) is 3.35. The van der Waals surface area contributed by atoms with E-state index in [1.54, 1.807) is 25.3 Å². The summed E-state index contributed by atoms with van der Waals surface area (Å²) in [4.78, 5) is 12.3. The van der Waals surface area contributed by atoms with Crippen LogP contribution >= 0.6 is 0 Å². The lowest BCUT2D eigenvalue weighted by molar-refractivity contribution is 0.184. The predicted octanol–water partition coefficient (Wildman–Crippen LogP) is 3.55. The monoisotopic (exact) mass is 335 g/mol. The van der Waals surface area contributed by atoms with Crippen LogP contribution in [0.1, 0.15) is 35.1 Å². The molecule has 0 fully saturated rings. The minimum atomic E-state index is -0.256. The number of hydrogen-bond donors (Lipinski definition) is 2. The molecule has 5 nitrogen and oxygen atoms in total. The Morgan fingerprint density at radius 3 is 2.84 bits per heavy atom. The summed E-state index contributed by atoms with van der Waals surface area (Å²) in [5, 5.41) is 15.1. The molecule has 2 atom stereocenters. The number of anilines is 1. The van der Waals surface area contributed by atoms with Crippen LogP contribution in [-0.2, 0) is 17.8 Å². The third-order valence-electron chi connectivity index (χ3n) is 4.69. The van der Waals surface area contributed by atoms with E-state index in [1.165, 1.54) is 11.1 Å². The second kappa shape index (κ2) is 7.37. The van der Waals surface area contributed by atoms with E-state index in [2.05, 4.69) is 35.8 Å². The molecule has 2 N–H and O–H groups in total. The number of fused-ring (bicyclic) bond motifs is 1. The van der Waals surface area contributed by atoms with Crippen molar-refractivity contribution in [2.75, 3.05) is 12.4 Å². The molecule has 0 spiro atoms. The van der Waals surface area contributed by atoms with Crippen LogP contribution in [0.2, 0.25) is 0 Å². The van der Waals surface area contributed by atoms with Gasteiger partial charge >= 0.3 is 6.03 Å². The lowest BCUT2D eigenvalue weighted by Crippen LogP contribution is -2.39. The predicted molar refractivity (Wildman–Crippen MR) is 96.4 cm³/mol. The zero-order chi connectivity index (χ0) is 17.8. The van der Waals surface area contributed by atoms with Gasteiger partial charge in [0.05, 0.1) is 18.2 Å². The molecule has 0 saturated heterocycles. The summed E-state index contributed by atoms with van der Waals surface area (Å²) < 4.78 is 5.07. The summed E-state index contributed by atoms with van der Waals surface area (Å²) >= 11 is 0. The van der Waals surface area contributed by atoms with Gasteiger partial charge in [-0.2, -0.15) is 5.26 Å². The number of nitriles is 1. The number of ether oxygens (including phenoxy) is 1. The standard InChI is InChI=1S/C20H21N3O2/c1-13-18-6-4-3-5-14(18)10-19(13)23-20(24)22-17-8-7-15(12-25-2)16(9-17)11-21/h3-9,13,19H,10,12H2,1-2H3,(H2,22,23,24)/t13-,19+/m0/s1. The molecular formula is C20H21N3O2. The van der Waals surface area contributed by atoms with Crippen molar-refractivity contribution in [3.63, 3.8) is 0 Å². The average molecular weight is 335 g/mol. The SMILES string of the molecule is COCc1ccc(NC(=O)N[C@@H]2Cc3ccccc3[C@@H]2C)cc1C#N. The summed E-state index contributed by atoms with van der Waals surface area (Å²) in [7, 11) is 1.58. The highest BCUT2D eigenvalue weighted by Crippen LogP contribution is 2.32. The molecule has 1 aliphatic carbocycles. The molecule has 0 aromatic heterocycles. The third-order valence-corrected chi connectivity index (χ3v) is 4.69. The van der Waals surface area contributed by atoms with Crippen molar-refractivity contribution >= 4 is 11.7 Å². The summed E-state index contributed by atoms with van der Waals surface area (Å²) in [6, 6.07) is 15.5. The normalized spacial score (nSPS) is 18.3. The Bertz CT molecular complexity index is 826. The van der Waals surface area contributed by atoms with Crippen molar-refractivity contribution in [2.45, 2.75) is 31.9 Å². The molecule has 0 radical (unpaired) electrons. The van der Waals surface area contributed by atoms with Gasteiger partial charge in [-0.1, -0.05) is 37.3 Å². The Balaban J connectivity index is 1.65. The van der Waals surface area contributed by atoms with Gasteiger partial charge in [0.15, 0.2) is 0 Å². The first-order valence-corrected chi connectivity index (χ1v) is 8.29. The highest BCUT2D eigenvalue weighted by Gasteiger charge is 2.29. The third kappa shape index (κ3) is 3.65. The first kappa shape index (κ1) is 17.0. The van der Waals surface area contributed by atoms with Gasteiger partial charge in [-0.05, 0) is 35.2 Å². The van der Waals surface area contributed by atoms with Crippen molar-refractivity contribution in [1.82, 2.24) is 5.32 Å². The second-order valence-corrected chi connectivity index (χ2v) is 6.31. The van der Waals surface area contributed by atoms with Crippen LogP contribution in [0, 0.1) is 11.3 Å². The number of nitrogens with one attached hydrogen (secondary N) is 2. The first-order chi connectivity index (χ1) is 12.1. The largest absolute Gasteiger partial charge is 0.380 e. The number of carbonyl (C=O) groups excluding carboxylic acids is 1. The molecule has 0 bridgehead atoms. The number of benzene rings is 2. The van der Waals surface area contributed by atoms with E-state index < -0.39 is 0 Å². The van der Waals surface area contributed by atoms with Gasteiger partial charge in [0.1, 0.15) is 0 Å². The van der Waals surface area contributed by atoms with E-state index in [0.29, 0.717) is 17.9 Å². The number of hydrogen-bond acceptors (Lipinski definition) is 3. The highest BCUT2D eigenvalue weighted by atomic mass is 16.5. The van der Waals surface area contributed by atoms with Crippen molar-refractivity contribution < 1.29 is 9.53 Å². The van der Waals surface area contributed by atoms with Crippen molar-refractivity contribution in [3.8, 4) is 6.07 Å². The maximum Gasteiger partial charge on any atom is 0.319 e. The summed E-state index contributed by atoms with van der Waals surface area (Å²) in [6.45, 7) is 2.50. The topological polar surface area (TPSA) is 74.2 Å². The fraction of sp³-hybridized carbons (Fsp3) is 0.300. The maximum absolute atomic E-state index is 12.3. The first-order valence-electron chi connectivity index (χ1n) is 8.29. The average Bonchev–Trinajstić information content (AvgIpc) is 2.92. The number of nitrogens with zero attached hydrogens (tertiary/aromatic N) is 1. The van der Waals surface area contributed by atoms with Crippen LogP contribution in [0.15, 0.2) is 42.5 Å². The molecule has 5 heteroatoms. The Morgan fingerprint density at radius 1 is 1.32 bits per heavy atom. The quantitative estimate of drug-likeness (QED) is 0.897. The highest BCUT2D eigenvalue weighted by molar-refractivity contribution is 5.89. The number of carbonyl (C=O) groups is 1. The molecule has 0 aliphatic heterocycles. The van der Waals surface area contributed by atoms with E-state index in [0.717, 1.165) is 12.0 Å². The fourth-order valence-corrected chi connectivity index (χ4v) is 3.35. The number of urea groups is 1. The summed E-state index contributed by atoms with van der Waals surface area (Å²) in [5.74, 6) is 0.278. The minimum Gasteiger partial charge on any atom is -0.380 e. The van der Waals surface area contributed by atoms with Crippen molar-refractivity contribution in [2.24, 2.45) is 0 Å². The number of methoxy groups -OCH3 is 1. The zero-order valence-electron chi connectivity index (χ0n) is 14.4. The van der Waals surface area contributed by atoms with Crippen LogP contribution < -0.4 is 10.6 Å². The lowest BCUT2D eigenvalue weighted by atomic mass is 10.0. The van der Waals surface area contributed by atoms with Crippen LogP contribution in [0.25, 0.3) is 0 Å². The van der Waals surface area contributed by atoms with Gasteiger partial charge in [0.25, 0.3) is 0 Å².